The lowest BCUT2D eigenvalue weighted by Crippen LogP contribution is -2.33. The van der Waals surface area contributed by atoms with Gasteiger partial charge in [-0.05, 0) is 37.5 Å². The highest BCUT2D eigenvalue weighted by atomic mass is 15.6. The number of nitrogens with zero attached hydrogens (tertiary/aromatic N) is 4. The van der Waals surface area contributed by atoms with Gasteiger partial charge in [-0.25, -0.2) is 5.01 Å². The van der Waals surface area contributed by atoms with Crippen LogP contribution in [0.2, 0.25) is 0 Å². The van der Waals surface area contributed by atoms with Gasteiger partial charge < -0.3 is 0 Å². The molecule has 0 bridgehead atoms. The normalized spacial score (nSPS) is 17.8. The quantitative estimate of drug-likeness (QED) is 0.752. The maximum Gasteiger partial charge on any atom is 0.269 e. The molecular formula is C20H21N4+. The van der Waals surface area contributed by atoms with Crippen LogP contribution in [0.5, 0.6) is 0 Å². The van der Waals surface area contributed by atoms with E-state index in [1.165, 1.54) is 18.5 Å². The van der Waals surface area contributed by atoms with Crippen molar-refractivity contribution in [3.63, 3.8) is 0 Å². The van der Waals surface area contributed by atoms with Crippen molar-refractivity contribution in [3.8, 4) is 0 Å². The number of hydrogen-bond donors (Lipinski definition) is 0. The monoisotopic (exact) mass is 317 g/mol. The molecule has 0 spiro atoms. The number of hydrogen-bond acceptors (Lipinski definition) is 3. The molecule has 120 valence electrons. The van der Waals surface area contributed by atoms with Gasteiger partial charge in [0, 0.05) is 17.1 Å². The second kappa shape index (κ2) is 6.79. The average molecular weight is 317 g/mol. The average Bonchev–Trinajstić information content (AvgIpc) is 2.70. The molecule has 0 aromatic heterocycles. The molecule has 0 N–H and O–H groups in total. The minimum atomic E-state index is 0.659. The van der Waals surface area contributed by atoms with E-state index in [0.29, 0.717) is 6.67 Å². The summed E-state index contributed by atoms with van der Waals surface area (Å²) in [4.78, 5) is 0. The van der Waals surface area contributed by atoms with Crippen molar-refractivity contribution in [2.75, 3.05) is 11.7 Å². The summed E-state index contributed by atoms with van der Waals surface area (Å²) in [5.74, 6) is 0.761. The Morgan fingerprint density at radius 2 is 1.62 bits per heavy atom. The minimum Gasteiger partial charge on any atom is -0.201 e. The maximum atomic E-state index is 4.82. The molecule has 4 rings (SSSR count). The molecule has 1 aliphatic carbocycles. The predicted octanol–water partition coefficient (Wildman–Crippen LogP) is 4.75. The van der Waals surface area contributed by atoms with Crippen LogP contribution in [0.4, 0.5) is 5.69 Å². The summed E-state index contributed by atoms with van der Waals surface area (Å²) in [5.41, 5.74) is 3.44. The molecule has 2 aromatic carbocycles. The van der Waals surface area contributed by atoms with Crippen molar-refractivity contribution in [2.45, 2.75) is 25.7 Å². The van der Waals surface area contributed by atoms with Gasteiger partial charge in [-0.1, -0.05) is 53.2 Å². The number of azo groups is 2. The number of rotatable bonds is 3. The zero-order valence-electron chi connectivity index (χ0n) is 13.7. The third-order valence-electron chi connectivity index (χ3n) is 4.38. The SMILES string of the molecule is C1=C([N+]2=NC(c3ccccc3)=NN(c3ccccc3)C2)CCCC1. The lowest BCUT2D eigenvalue weighted by molar-refractivity contribution is -0.545. The van der Waals surface area contributed by atoms with E-state index in [-0.39, 0.29) is 0 Å². The first-order chi connectivity index (χ1) is 11.9. The Labute approximate surface area is 142 Å². The van der Waals surface area contributed by atoms with E-state index in [9.17, 15) is 0 Å². The Kier molecular flexibility index (Phi) is 4.19. The summed E-state index contributed by atoms with van der Waals surface area (Å²) < 4.78 is 2.11. The van der Waals surface area contributed by atoms with Gasteiger partial charge in [0.2, 0.25) is 11.5 Å². The Balaban J connectivity index is 1.74. The lowest BCUT2D eigenvalue weighted by Gasteiger charge is -2.21. The van der Waals surface area contributed by atoms with E-state index < -0.39 is 0 Å². The molecule has 24 heavy (non-hydrogen) atoms. The number of benzene rings is 2. The van der Waals surface area contributed by atoms with Crippen molar-refractivity contribution in [1.82, 2.24) is 0 Å². The first kappa shape index (κ1) is 14.8. The molecule has 4 heteroatoms. The lowest BCUT2D eigenvalue weighted by atomic mass is 10.0. The number of anilines is 1. The summed E-state index contributed by atoms with van der Waals surface area (Å²) in [6.07, 6.45) is 7.07. The fraction of sp³-hybridized carbons (Fsp3) is 0.250. The van der Waals surface area contributed by atoms with E-state index >= 15 is 0 Å². The van der Waals surface area contributed by atoms with Crippen LogP contribution in [0.25, 0.3) is 0 Å². The van der Waals surface area contributed by atoms with Crippen LogP contribution in [0.15, 0.2) is 82.7 Å². The van der Waals surface area contributed by atoms with Gasteiger partial charge in [-0.3, -0.25) is 0 Å². The van der Waals surface area contributed by atoms with Gasteiger partial charge in [-0.15, -0.1) is 5.10 Å². The zero-order chi connectivity index (χ0) is 16.2. The number of allylic oxidation sites excluding steroid dienone is 2. The fourth-order valence-electron chi connectivity index (χ4n) is 3.09. The molecule has 4 nitrogen and oxygen atoms in total. The smallest absolute Gasteiger partial charge is 0.201 e. The summed E-state index contributed by atoms with van der Waals surface area (Å²) in [6.45, 7) is 0.659. The maximum absolute atomic E-state index is 4.82. The van der Waals surface area contributed by atoms with Gasteiger partial charge in [0.15, 0.2) is 0 Å². The van der Waals surface area contributed by atoms with Gasteiger partial charge in [0.05, 0.1) is 5.69 Å². The van der Waals surface area contributed by atoms with Crippen molar-refractivity contribution in [1.29, 1.82) is 0 Å². The highest BCUT2D eigenvalue weighted by Crippen LogP contribution is 2.24. The largest absolute Gasteiger partial charge is 0.269 e. The van der Waals surface area contributed by atoms with Gasteiger partial charge in [0.25, 0.3) is 6.67 Å². The first-order valence-electron chi connectivity index (χ1n) is 8.55. The molecular weight excluding hydrogens is 296 g/mol. The highest BCUT2D eigenvalue weighted by Gasteiger charge is 2.27. The molecule has 2 aliphatic rings. The van der Waals surface area contributed by atoms with Crippen molar-refractivity contribution in [2.24, 2.45) is 10.2 Å². The van der Waals surface area contributed by atoms with Crippen LogP contribution >= 0.6 is 0 Å². The van der Waals surface area contributed by atoms with Gasteiger partial charge >= 0.3 is 0 Å². The second-order valence-electron chi connectivity index (χ2n) is 6.11. The molecule has 0 fully saturated rings. The molecule has 0 atom stereocenters. The third kappa shape index (κ3) is 3.13. The predicted molar refractivity (Wildman–Crippen MR) is 96.0 cm³/mol. The molecule has 2 aromatic rings. The van der Waals surface area contributed by atoms with E-state index in [0.717, 1.165) is 29.9 Å². The van der Waals surface area contributed by atoms with E-state index in [2.05, 4.69) is 35.0 Å². The van der Waals surface area contributed by atoms with Crippen molar-refractivity contribution in [3.05, 3.63) is 78.0 Å². The van der Waals surface area contributed by atoms with Gasteiger partial charge in [-0.2, -0.15) is 0 Å². The number of para-hydroxylation sites is 1. The Morgan fingerprint density at radius 1 is 0.875 bits per heavy atom. The number of amidine groups is 1. The topological polar surface area (TPSA) is 31.0 Å². The summed E-state index contributed by atoms with van der Waals surface area (Å²) in [6, 6.07) is 20.5. The molecule has 1 aliphatic heterocycles. The molecule has 0 saturated heterocycles. The number of hydrazone groups is 1. The Hall–Kier alpha value is -2.75. The van der Waals surface area contributed by atoms with E-state index in [4.69, 9.17) is 10.2 Å². The summed E-state index contributed by atoms with van der Waals surface area (Å²) in [7, 11) is 0. The van der Waals surface area contributed by atoms with Crippen LogP contribution in [-0.2, 0) is 0 Å². The highest BCUT2D eigenvalue weighted by molar-refractivity contribution is 5.99. The fourth-order valence-corrected chi connectivity index (χ4v) is 3.09. The molecule has 1 heterocycles. The Bertz CT molecular complexity index is 791. The van der Waals surface area contributed by atoms with E-state index in [1.54, 1.807) is 0 Å². The van der Waals surface area contributed by atoms with Crippen LogP contribution < -0.4 is 5.01 Å². The van der Waals surface area contributed by atoms with Crippen molar-refractivity contribution >= 4 is 11.5 Å². The van der Waals surface area contributed by atoms with Crippen molar-refractivity contribution < 1.29 is 4.70 Å². The van der Waals surface area contributed by atoms with Crippen LogP contribution in [0.1, 0.15) is 31.2 Å². The standard InChI is InChI=1S/C20H21N4/c1-4-10-17(11-5-1)20-21-23(18-12-6-2-7-13-18)16-24(22-20)19-14-8-3-9-15-19/h1-2,4-7,10-14H,3,8-9,15-16H2/q+1. The molecule has 0 amide bonds. The first-order valence-corrected chi connectivity index (χ1v) is 8.55. The summed E-state index contributed by atoms with van der Waals surface area (Å²) >= 11 is 0. The van der Waals surface area contributed by atoms with Crippen LogP contribution in [0, 0.1) is 0 Å². The third-order valence-corrected chi connectivity index (χ3v) is 4.38. The van der Waals surface area contributed by atoms with Crippen LogP contribution in [0.3, 0.4) is 0 Å². The zero-order valence-corrected chi connectivity index (χ0v) is 13.7. The summed E-state index contributed by atoms with van der Waals surface area (Å²) in [5, 5.41) is 11.6. The Morgan fingerprint density at radius 3 is 2.33 bits per heavy atom. The molecule has 0 radical (unpaired) electrons. The molecule has 0 saturated carbocycles. The molecule has 0 unspecified atom stereocenters. The minimum absolute atomic E-state index is 0.659. The van der Waals surface area contributed by atoms with E-state index in [1.807, 2.05) is 41.4 Å². The van der Waals surface area contributed by atoms with Crippen LogP contribution in [-0.4, -0.2) is 17.2 Å². The second-order valence-corrected chi connectivity index (χ2v) is 6.11. The van der Waals surface area contributed by atoms with Gasteiger partial charge in [0.1, 0.15) is 0 Å².